The number of thioether (sulfide) groups is 1. The lowest BCUT2D eigenvalue weighted by molar-refractivity contribution is -0.137. The molecule has 1 amide bonds. The van der Waals surface area contributed by atoms with Crippen molar-refractivity contribution in [2.24, 2.45) is 0 Å². The number of nitrogens with one attached hydrogen (secondary N) is 1. The van der Waals surface area contributed by atoms with Crippen molar-refractivity contribution in [3.63, 3.8) is 0 Å². The molecule has 0 unspecified atom stereocenters. The summed E-state index contributed by atoms with van der Waals surface area (Å²) in [6, 6.07) is 9.60. The molecule has 0 aliphatic heterocycles. The second kappa shape index (κ2) is 10.7. The fraction of sp³-hybridized carbons (Fsp3) is 0.263. The zero-order valence-corrected chi connectivity index (χ0v) is 18.2. The number of aromatic nitrogens is 4. The van der Waals surface area contributed by atoms with Gasteiger partial charge in [0, 0.05) is 12.1 Å². The average molecular weight is 488 g/mol. The Hall–Kier alpha value is -2.83. The third-order valence-corrected chi connectivity index (χ3v) is 5.14. The molecule has 1 heterocycles. The molecule has 170 valence electrons. The number of hydrogen-bond acceptors (Lipinski definition) is 7. The number of methoxy groups -OCH3 is 1. The van der Waals surface area contributed by atoms with Crippen LogP contribution in [0.5, 0.6) is 5.75 Å². The highest BCUT2D eigenvalue weighted by atomic mass is 35.5. The minimum absolute atomic E-state index is 0.0967. The maximum Gasteiger partial charge on any atom is 0.416 e. The first-order valence-electron chi connectivity index (χ1n) is 9.08. The first kappa shape index (κ1) is 23.8. The van der Waals surface area contributed by atoms with Crippen LogP contribution in [0.2, 0.25) is 5.02 Å². The standard InChI is InChI=1S/C19H17ClF3N5O3S/c1-30-8-9-31-16-7-2-12(19(21,22)23)10-15(16)24-17(29)11-32-18-25-26-27-28(18)14-5-3-13(20)4-6-14/h2-7,10H,8-9,11H2,1H3,(H,24,29). The Bertz CT molecular complexity index is 1060. The molecule has 0 aliphatic carbocycles. The first-order valence-corrected chi connectivity index (χ1v) is 10.4. The number of rotatable bonds is 9. The quantitative estimate of drug-likeness (QED) is 0.359. The molecule has 0 spiro atoms. The van der Waals surface area contributed by atoms with E-state index in [2.05, 4.69) is 20.8 Å². The lowest BCUT2D eigenvalue weighted by Crippen LogP contribution is -2.17. The maximum atomic E-state index is 13.1. The molecule has 0 radical (unpaired) electrons. The van der Waals surface area contributed by atoms with E-state index in [9.17, 15) is 18.0 Å². The Morgan fingerprint density at radius 1 is 1.19 bits per heavy atom. The molecule has 3 rings (SSSR count). The first-order chi connectivity index (χ1) is 15.3. The van der Waals surface area contributed by atoms with Crippen LogP contribution in [-0.4, -0.2) is 52.2 Å². The molecule has 0 fully saturated rings. The van der Waals surface area contributed by atoms with E-state index in [-0.39, 0.29) is 30.4 Å². The molecule has 0 aliphatic rings. The van der Waals surface area contributed by atoms with Crippen LogP contribution in [0, 0.1) is 0 Å². The van der Waals surface area contributed by atoms with Gasteiger partial charge in [0.15, 0.2) is 0 Å². The van der Waals surface area contributed by atoms with Crippen LogP contribution in [0.1, 0.15) is 5.56 Å². The largest absolute Gasteiger partial charge is 0.489 e. The van der Waals surface area contributed by atoms with Gasteiger partial charge in [0.05, 0.1) is 29.3 Å². The molecule has 32 heavy (non-hydrogen) atoms. The average Bonchev–Trinajstić information content (AvgIpc) is 3.22. The van der Waals surface area contributed by atoms with Gasteiger partial charge in [-0.15, -0.1) is 5.10 Å². The van der Waals surface area contributed by atoms with Gasteiger partial charge in [-0.05, 0) is 52.9 Å². The third kappa shape index (κ3) is 6.34. The number of ether oxygens (including phenoxy) is 2. The molecule has 1 aromatic heterocycles. The molecule has 2 aromatic carbocycles. The molecule has 8 nitrogen and oxygen atoms in total. The minimum atomic E-state index is -4.57. The van der Waals surface area contributed by atoms with Crippen LogP contribution < -0.4 is 10.1 Å². The number of carbonyl (C=O) groups excluding carboxylic acids is 1. The number of alkyl halides is 3. The minimum Gasteiger partial charge on any atom is -0.489 e. The fourth-order valence-corrected chi connectivity index (χ4v) is 3.31. The van der Waals surface area contributed by atoms with E-state index in [1.807, 2.05) is 0 Å². The summed E-state index contributed by atoms with van der Waals surface area (Å²) < 4.78 is 51.0. The highest BCUT2D eigenvalue weighted by molar-refractivity contribution is 7.99. The Labute approximate surface area is 190 Å². The predicted molar refractivity (Wildman–Crippen MR) is 112 cm³/mol. The van der Waals surface area contributed by atoms with Crippen LogP contribution >= 0.6 is 23.4 Å². The van der Waals surface area contributed by atoms with Crippen molar-refractivity contribution in [2.75, 3.05) is 31.4 Å². The summed E-state index contributed by atoms with van der Waals surface area (Å²) in [7, 11) is 1.47. The lowest BCUT2D eigenvalue weighted by Gasteiger charge is -2.15. The summed E-state index contributed by atoms with van der Waals surface area (Å²) in [5, 5.41) is 14.7. The molecule has 13 heteroatoms. The topological polar surface area (TPSA) is 91.2 Å². The number of carbonyl (C=O) groups is 1. The molecular weight excluding hydrogens is 471 g/mol. The van der Waals surface area contributed by atoms with Crippen molar-refractivity contribution in [3.8, 4) is 11.4 Å². The molecule has 0 saturated heterocycles. The van der Waals surface area contributed by atoms with Crippen molar-refractivity contribution in [2.45, 2.75) is 11.3 Å². The molecule has 0 saturated carbocycles. The number of amides is 1. The van der Waals surface area contributed by atoms with Crippen LogP contribution in [-0.2, 0) is 15.7 Å². The number of benzene rings is 2. The van der Waals surface area contributed by atoms with Gasteiger partial charge in [-0.3, -0.25) is 4.79 Å². The molecule has 0 atom stereocenters. The van der Waals surface area contributed by atoms with E-state index in [0.717, 1.165) is 30.0 Å². The predicted octanol–water partition coefficient (Wildman–Crippen LogP) is 4.09. The summed E-state index contributed by atoms with van der Waals surface area (Å²) in [4.78, 5) is 12.5. The van der Waals surface area contributed by atoms with Gasteiger partial charge < -0.3 is 14.8 Å². The number of halogens is 4. The fourth-order valence-electron chi connectivity index (χ4n) is 2.49. The second-order valence-electron chi connectivity index (χ2n) is 6.24. The Kier molecular flexibility index (Phi) is 7.94. The summed E-state index contributed by atoms with van der Waals surface area (Å²) in [5.41, 5.74) is -0.376. The van der Waals surface area contributed by atoms with Crippen LogP contribution in [0.25, 0.3) is 5.69 Å². The van der Waals surface area contributed by atoms with Gasteiger partial charge in [0.2, 0.25) is 11.1 Å². The molecule has 1 N–H and O–H groups in total. The van der Waals surface area contributed by atoms with Crippen LogP contribution in [0.4, 0.5) is 18.9 Å². The Morgan fingerprint density at radius 2 is 1.94 bits per heavy atom. The van der Waals surface area contributed by atoms with Crippen molar-refractivity contribution in [3.05, 3.63) is 53.1 Å². The molecule has 3 aromatic rings. The van der Waals surface area contributed by atoms with Gasteiger partial charge in [0.1, 0.15) is 12.4 Å². The van der Waals surface area contributed by atoms with E-state index < -0.39 is 17.6 Å². The second-order valence-corrected chi connectivity index (χ2v) is 7.62. The number of hydrogen-bond donors (Lipinski definition) is 1. The number of nitrogens with zero attached hydrogens (tertiary/aromatic N) is 4. The van der Waals surface area contributed by atoms with Crippen molar-refractivity contribution in [1.82, 2.24) is 20.2 Å². The smallest absolute Gasteiger partial charge is 0.416 e. The van der Waals surface area contributed by atoms with E-state index in [4.69, 9.17) is 21.1 Å². The van der Waals surface area contributed by atoms with Crippen molar-refractivity contribution >= 4 is 35.0 Å². The summed E-state index contributed by atoms with van der Waals surface area (Å²) in [5.74, 6) is -0.613. The van der Waals surface area contributed by atoms with Gasteiger partial charge >= 0.3 is 6.18 Å². The maximum absolute atomic E-state index is 13.1. The monoisotopic (exact) mass is 487 g/mol. The Morgan fingerprint density at radius 3 is 2.62 bits per heavy atom. The van der Waals surface area contributed by atoms with E-state index in [1.54, 1.807) is 24.3 Å². The Balaban J connectivity index is 1.70. The van der Waals surface area contributed by atoms with Gasteiger partial charge in [0.25, 0.3) is 0 Å². The van der Waals surface area contributed by atoms with Gasteiger partial charge in [-0.2, -0.15) is 17.9 Å². The summed E-state index contributed by atoms with van der Waals surface area (Å²) in [6.07, 6.45) is -4.57. The van der Waals surface area contributed by atoms with Gasteiger partial charge in [-0.1, -0.05) is 23.4 Å². The number of tetrazole rings is 1. The van der Waals surface area contributed by atoms with Gasteiger partial charge in [-0.25, -0.2) is 0 Å². The number of anilines is 1. The highest BCUT2D eigenvalue weighted by Gasteiger charge is 2.31. The normalized spacial score (nSPS) is 11.4. The lowest BCUT2D eigenvalue weighted by atomic mass is 10.1. The SMILES string of the molecule is COCCOc1ccc(C(F)(F)F)cc1NC(=O)CSc1nnnn1-c1ccc(Cl)cc1. The van der Waals surface area contributed by atoms with E-state index in [1.165, 1.54) is 11.8 Å². The van der Waals surface area contributed by atoms with Crippen molar-refractivity contribution in [1.29, 1.82) is 0 Å². The molecule has 0 bridgehead atoms. The van der Waals surface area contributed by atoms with Crippen LogP contribution in [0.15, 0.2) is 47.6 Å². The van der Waals surface area contributed by atoms with Crippen LogP contribution in [0.3, 0.4) is 0 Å². The zero-order valence-electron chi connectivity index (χ0n) is 16.6. The van der Waals surface area contributed by atoms with E-state index in [0.29, 0.717) is 15.9 Å². The summed E-state index contributed by atoms with van der Waals surface area (Å²) >= 11 is 6.89. The van der Waals surface area contributed by atoms with Crippen molar-refractivity contribution < 1.29 is 27.4 Å². The zero-order chi connectivity index (χ0) is 23.1. The molecular formula is C19H17ClF3N5O3S. The van der Waals surface area contributed by atoms with E-state index >= 15 is 0 Å². The summed E-state index contributed by atoms with van der Waals surface area (Å²) in [6.45, 7) is 0.340. The third-order valence-electron chi connectivity index (χ3n) is 3.97. The highest BCUT2D eigenvalue weighted by Crippen LogP contribution is 2.35.